The molecule has 3 fully saturated rings. The van der Waals surface area contributed by atoms with Crippen LogP contribution in [-0.2, 0) is 47.5 Å². The largest absolute Gasteiger partial charge is 0.477 e. The average Bonchev–Trinajstić information content (AvgIpc) is 3.43. The van der Waals surface area contributed by atoms with Crippen LogP contribution in [0.1, 0.15) is 168 Å². The van der Waals surface area contributed by atoms with Gasteiger partial charge in [0.1, 0.15) is 73.8 Å². The molecule has 24 heteroatoms. The van der Waals surface area contributed by atoms with Crippen LogP contribution in [0.5, 0.6) is 0 Å². The van der Waals surface area contributed by atoms with Gasteiger partial charge < -0.3 is 105 Å². The zero-order valence-corrected chi connectivity index (χ0v) is 47.8. The molecule has 14 N–H and O–H groups in total. The Morgan fingerprint density at radius 2 is 1.27 bits per heavy atom. The lowest BCUT2D eigenvalue weighted by atomic mass is 9.88. The average molecular weight is 1160 g/mol. The number of nitrogens with one attached hydrogen (secondary N) is 2. The van der Waals surface area contributed by atoms with Crippen molar-refractivity contribution in [3.05, 3.63) is 12.2 Å². The number of carbonyl (C=O) groups is 3. The van der Waals surface area contributed by atoms with Crippen LogP contribution in [0.25, 0.3) is 0 Å². The SMILES string of the molecule is CCCCCCCCCCCCCC(=O)NC(COC1OC(CO)C(OC2OC(CO)C(O)C(OC3(C(=O)O)CC(O)C(NC(=O)CO)C(C(O)C(CO)OC)O3)C2O)C(O)C1O)C(O)C=CCCCCCCCCCCC(C)C. The van der Waals surface area contributed by atoms with E-state index in [9.17, 15) is 75.7 Å². The summed E-state index contributed by atoms with van der Waals surface area (Å²) < 4.78 is 39.9. The summed E-state index contributed by atoms with van der Waals surface area (Å²) in [6.07, 6.45) is -2.09. The fourth-order valence-corrected chi connectivity index (χ4v) is 10.4. The first-order valence-corrected chi connectivity index (χ1v) is 29.5. The van der Waals surface area contributed by atoms with Crippen molar-refractivity contribution < 1.29 is 109 Å². The predicted molar refractivity (Wildman–Crippen MR) is 289 cm³/mol. The van der Waals surface area contributed by atoms with Crippen LogP contribution in [0, 0.1) is 5.92 Å². The molecule has 0 aromatic carbocycles. The maximum atomic E-state index is 13.3. The fraction of sp³-hybridized carbons (Fsp3) is 0.911. The zero-order chi connectivity index (χ0) is 59.2. The molecule has 0 radical (unpaired) electrons. The monoisotopic (exact) mass is 1150 g/mol. The van der Waals surface area contributed by atoms with Crippen LogP contribution >= 0.6 is 0 Å². The Balaban J connectivity index is 1.72. The highest BCUT2D eigenvalue weighted by atomic mass is 16.8. The molecule has 18 atom stereocenters. The van der Waals surface area contributed by atoms with Crippen molar-refractivity contribution in [1.29, 1.82) is 0 Å². The molecular weight excluding hydrogens is 1050 g/mol. The summed E-state index contributed by atoms with van der Waals surface area (Å²) in [5, 5.41) is 135. The van der Waals surface area contributed by atoms with Crippen molar-refractivity contribution in [3.63, 3.8) is 0 Å². The maximum absolute atomic E-state index is 13.3. The summed E-state index contributed by atoms with van der Waals surface area (Å²) in [5.41, 5.74) is 0. The van der Waals surface area contributed by atoms with E-state index in [1.165, 1.54) is 77.0 Å². The Morgan fingerprint density at radius 1 is 0.700 bits per heavy atom. The quantitative estimate of drug-likeness (QED) is 0.0300. The first kappa shape index (κ1) is 71.7. The van der Waals surface area contributed by atoms with Crippen molar-refractivity contribution in [3.8, 4) is 0 Å². The topological polar surface area (TPSA) is 383 Å². The second kappa shape index (κ2) is 39.1. The van der Waals surface area contributed by atoms with Gasteiger partial charge in [0, 0.05) is 20.0 Å². The normalized spacial score (nSPS) is 30.8. The van der Waals surface area contributed by atoms with Crippen LogP contribution in [0.4, 0.5) is 0 Å². The smallest absolute Gasteiger partial charge is 0.364 e. The minimum Gasteiger partial charge on any atom is -0.477 e. The molecule has 3 heterocycles. The van der Waals surface area contributed by atoms with Crippen molar-refractivity contribution in [1.82, 2.24) is 10.6 Å². The molecule has 0 aromatic heterocycles. The summed E-state index contributed by atoms with van der Waals surface area (Å²) in [6.45, 7) is 2.38. The number of carbonyl (C=O) groups excluding carboxylic acids is 2. The van der Waals surface area contributed by atoms with E-state index in [1.54, 1.807) is 6.08 Å². The number of hydrogen-bond donors (Lipinski definition) is 14. The zero-order valence-electron chi connectivity index (χ0n) is 47.8. The number of aliphatic hydroxyl groups is 11. The first-order valence-electron chi connectivity index (χ1n) is 29.5. The molecule has 80 heavy (non-hydrogen) atoms. The second-order valence-electron chi connectivity index (χ2n) is 22.2. The lowest BCUT2D eigenvalue weighted by Crippen LogP contribution is -2.71. The van der Waals surface area contributed by atoms with E-state index < -0.39 is 161 Å². The third-order valence-electron chi connectivity index (χ3n) is 15.3. The van der Waals surface area contributed by atoms with Crippen molar-refractivity contribution in [2.24, 2.45) is 5.92 Å². The number of hydrogen-bond acceptors (Lipinski definition) is 21. The van der Waals surface area contributed by atoms with Gasteiger partial charge in [0.2, 0.25) is 11.8 Å². The van der Waals surface area contributed by atoms with Gasteiger partial charge in [0.15, 0.2) is 12.6 Å². The molecule has 0 bridgehead atoms. The van der Waals surface area contributed by atoms with Gasteiger partial charge in [-0.15, -0.1) is 0 Å². The van der Waals surface area contributed by atoms with Crippen molar-refractivity contribution >= 4 is 17.8 Å². The van der Waals surface area contributed by atoms with Crippen molar-refractivity contribution in [2.45, 2.75) is 278 Å². The lowest BCUT2D eigenvalue weighted by molar-refractivity contribution is -0.386. The molecule has 3 aliphatic heterocycles. The number of carboxylic acids is 1. The summed E-state index contributed by atoms with van der Waals surface area (Å²) >= 11 is 0. The number of allylic oxidation sites excluding steroid dienone is 1. The van der Waals surface area contributed by atoms with Crippen LogP contribution in [0.3, 0.4) is 0 Å². The van der Waals surface area contributed by atoms with E-state index in [0.717, 1.165) is 58.0 Å². The molecule has 0 aliphatic carbocycles. The molecule has 468 valence electrons. The van der Waals surface area contributed by atoms with Crippen LogP contribution in [0.15, 0.2) is 12.2 Å². The van der Waals surface area contributed by atoms with E-state index in [1.807, 2.05) is 6.08 Å². The number of unbranched alkanes of at least 4 members (excludes halogenated alkanes) is 18. The number of methoxy groups -OCH3 is 1. The van der Waals surface area contributed by atoms with Gasteiger partial charge >= 0.3 is 5.97 Å². The molecule has 18 unspecified atom stereocenters. The predicted octanol–water partition coefficient (Wildman–Crippen LogP) is 1.09. The van der Waals surface area contributed by atoms with Crippen molar-refractivity contribution in [2.75, 3.05) is 40.1 Å². The van der Waals surface area contributed by atoms with E-state index in [-0.39, 0.29) is 12.3 Å². The van der Waals surface area contributed by atoms with Gasteiger partial charge in [0.25, 0.3) is 5.79 Å². The Hall–Kier alpha value is -2.57. The molecule has 0 spiro atoms. The number of carboxylic acid groups (broad SMARTS) is 1. The van der Waals surface area contributed by atoms with Gasteiger partial charge in [-0.2, -0.15) is 0 Å². The minimum atomic E-state index is -3.09. The Morgan fingerprint density at radius 3 is 1.82 bits per heavy atom. The van der Waals surface area contributed by atoms with Crippen LogP contribution < -0.4 is 10.6 Å². The molecule has 0 aromatic rings. The maximum Gasteiger partial charge on any atom is 0.364 e. The molecule has 3 aliphatic rings. The highest BCUT2D eigenvalue weighted by molar-refractivity contribution is 5.78. The summed E-state index contributed by atoms with van der Waals surface area (Å²) in [5.74, 6) is -5.74. The van der Waals surface area contributed by atoms with E-state index in [4.69, 9.17) is 33.2 Å². The number of aliphatic hydroxyl groups excluding tert-OH is 11. The van der Waals surface area contributed by atoms with E-state index in [0.29, 0.717) is 12.8 Å². The van der Waals surface area contributed by atoms with Crippen LogP contribution in [-0.4, -0.2) is 229 Å². The number of ether oxygens (including phenoxy) is 7. The summed E-state index contributed by atoms with van der Waals surface area (Å²) in [7, 11) is 1.08. The first-order chi connectivity index (χ1) is 38.3. The van der Waals surface area contributed by atoms with Gasteiger partial charge in [-0.05, 0) is 25.2 Å². The molecule has 3 rings (SSSR count). The second-order valence-corrected chi connectivity index (χ2v) is 22.2. The Labute approximate surface area is 472 Å². The van der Waals surface area contributed by atoms with Gasteiger partial charge in [0.05, 0.1) is 50.7 Å². The molecule has 24 nitrogen and oxygen atoms in total. The molecular formula is C56H102N2O22. The Bertz CT molecular complexity index is 1710. The fourth-order valence-electron chi connectivity index (χ4n) is 10.4. The van der Waals surface area contributed by atoms with Gasteiger partial charge in [-0.3, -0.25) is 9.59 Å². The highest BCUT2D eigenvalue weighted by Crippen LogP contribution is 2.39. The van der Waals surface area contributed by atoms with Crippen LogP contribution in [0.2, 0.25) is 0 Å². The van der Waals surface area contributed by atoms with Gasteiger partial charge in [-0.1, -0.05) is 148 Å². The molecule has 2 amide bonds. The standard InChI is InChI=1S/C56H102N2O22/c1-5-6-7-8-9-10-11-16-19-22-25-28-42(65)57-36(37(63)27-24-21-18-15-13-12-14-17-20-23-26-35(2)3)34-75-53-48(70)47(69)50(41(32-61)77-53)78-54-49(71)52(46(68)40(31-60)76-54)80-56(55(72)73)29-38(64)44(58-43(66)33-62)51(79-56)45(67)39(30-59)74-4/h24,27,35-41,44-54,59-64,67-71H,5-23,25-26,28-34H2,1-4H3,(H,57,65)(H,58,66)(H,72,73). The van der Waals surface area contributed by atoms with E-state index >= 15 is 0 Å². The molecule has 3 saturated heterocycles. The Kier molecular flexibility index (Phi) is 35.1. The summed E-state index contributed by atoms with van der Waals surface area (Å²) in [4.78, 5) is 38.6. The van der Waals surface area contributed by atoms with E-state index in [2.05, 4.69) is 31.4 Å². The number of amides is 2. The highest BCUT2D eigenvalue weighted by Gasteiger charge is 2.60. The number of rotatable bonds is 42. The minimum absolute atomic E-state index is 0.199. The third kappa shape index (κ3) is 23.5. The van der Waals surface area contributed by atoms with Gasteiger partial charge in [-0.25, -0.2) is 4.79 Å². The summed E-state index contributed by atoms with van der Waals surface area (Å²) in [6, 6.07) is -2.69. The lowest BCUT2D eigenvalue weighted by Gasteiger charge is -2.50. The molecule has 0 saturated carbocycles. The number of aliphatic carboxylic acids is 1. The third-order valence-corrected chi connectivity index (χ3v) is 15.3.